The minimum atomic E-state index is 0.173. The predicted octanol–water partition coefficient (Wildman–Crippen LogP) is 7.37. The van der Waals surface area contributed by atoms with Crippen LogP contribution in [0.4, 0.5) is 0 Å². The lowest BCUT2D eigenvalue weighted by molar-refractivity contribution is 0.592. The fourth-order valence-electron chi connectivity index (χ4n) is 4.01. The second-order valence-corrected chi connectivity index (χ2v) is 9.70. The number of benzene rings is 2. The highest BCUT2D eigenvalue weighted by molar-refractivity contribution is 5.84. The molecule has 2 heterocycles. The summed E-state index contributed by atoms with van der Waals surface area (Å²) >= 11 is 0. The monoisotopic (exact) mass is 384 g/mol. The van der Waals surface area contributed by atoms with Gasteiger partial charge in [0.25, 0.3) is 0 Å². The van der Waals surface area contributed by atoms with Crippen LogP contribution >= 0.6 is 0 Å². The predicted molar refractivity (Wildman–Crippen MR) is 126 cm³/mol. The van der Waals surface area contributed by atoms with Crippen molar-refractivity contribution >= 4 is 21.8 Å². The summed E-state index contributed by atoms with van der Waals surface area (Å²) in [5.74, 6) is 0. The molecule has 150 valence electrons. The number of nitrogens with zero attached hydrogens (tertiary/aromatic N) is 2. The van der Waals surface area contributed by atoms with Gasteiger partial charge in [-0.25, -0.2) is 0 Å². The Balaban J connectivity index is 0.000000166. The van der Waals surface area contributed by atoms with Gasteiger partial charge in [0.15, 0.2) is 0 Å². The average molecular weight is 385 g/mol. The molecule has 4 rings (SSSR count). The number of hydrogen-bond donors (Lipinski definition) is 0. The van der Waals surface area contributed by atoms with Crippen molar-refractivity contribution < 1.29 is 0 Å². The second-order valence-electron chi connectivity index (χ2n) is 9.70. The molecule has 0 saturated heterocycles. The van der Waals surface area contributed by atoms with Gasteiger partial charge in [-0.05, 0) is 58.7 Å². The van der Waals surface area contributed by atoms with Crippen molar-refractivity contribution in [3.8, 4) is 0 Å². The number of pyridine rings is 2. The fourth-order valence-corrected chi connectivity index (χ4v) is 4.01. The van der Waals surface area contributed by atoms with E-state index in [-0.39, 0.29) is 10.8 Å². The molecule has 0 bridgehead atoms. The molecule has 0 unspecified atom stereocenters. The maximum Gasteiger partial charge on any atom is 0.0705 e. The van der Waals surface area contributed by atoms with Gasteiger partial charge in [-0.2, -0.15) is 0 Å². The van der Waals surface area contributed by atoms with E-state index >= 15 is 0 Å². The van der Waals surface area contributed by atoms with E-state index in [0.717, 1.165) is 11.0 Å². The van der Waals surface area contributed by atoms with E-state index in [1.54, 1.807) is 0 Å². The van der Waals surface area contributed by atoms with Crippen molar-refractivity contribution in [2.45, 2.75) is 59.3 Å². The minimum Gasteiger partial charge on any atom is -0.256 e. The SMILES string of the molecule is CC(C)(C)c1cccc2ncccc12.Cc1ccc2ncccc2c1C(C)(C)C. The Hall–Kier alpha value is -2.74. The lowest BCUT2D eigenvalue weighted by Crippen LogP contribution is -2.13. The maximum atomic E-state index is 4.40. The molecule has 0 radical (unpaired) electrons. The Morgan fingerprint density at radius 2 is 1.17 bits per heavy atom. The van der Waals surface area contributed by atoms with Crippen molar-refractivity contribution in [1.29, 1.82) is 0 Å². The normalized spacial score (nSPS) is 12.0. The van der Waals surface area contributed by atoms with Crippen LogP contribution in [0.1, 0.15) is 58.2 Å². The van der Waals surface area contributed by atoms with Gasteiger partial charge in [0.05, 0.1) is 11.0 Å². The number of rotatable bonds is 0. The quantitative estimate of drug-likeness (QED) is 0.316. The first-order chi connectivity index (χ1) is 13.6. The summed E-state index contributed by atoms with van der Waals surface area (Å²) in [6, 6.07) is 18.9. The van der Waals surface area contributed by atoms with E-state index in [1.807, 2.05) is 24.5 Å². The molecular weight excluding hydrogens is 352 g/mol. The summed E-state index contributed by atoms with van der Waals surface area (Å²) in [4.78, 5) is 8.75. The van der Waals surface area contributed by atoms with Crippen molar-refractivity contribution in [2.24, 2.45) is 0 Å². The molecule has 0 aliphatic rings. The van der Waals surface area contributed by atoms with Gasteiger partial charge in [-0.1, -0.05) is 71.9 Å². The zero-order chi connectivity index (χ0) is 21.2. The average Bonchev–Trinajstić information content (AvgIpc) is 2.66. The first-order valence-corrected chi connectivity index (χ1v) is 10.3. The Bertz CT molecular complexity index is 1120. The van der Waals surface area contributed by atoms with Crippen LogP contribution in [0.5, 0.6) is 0 Å². The standard InChI is InChI=1S/C14H17N.C13H15N/c1-10-7-8-12-11(6-5-9-15-12)13(10)14(2,3)4;1-13(2,3)11-7-4-8-12-10(11)6-5-9-14-12/h5-9H,1-4H3;4-9H,1-3H3. The summed E-state index contributed by atoms with van der Waals surface area (Å²) < 4.78 is 0. The summed E-state index contributed by atoms with van der Waals surface area (Å²) in [5, 5.41) is 2.55. The molecule has 2 aromatic heterocycles. The number of aromatic nitrogens is 2. The molecule has 0 N–H and O–H groups in total. The molecular formula is C27H32N2. The minimum absolute atomic E-state index is 0.173. The van der Waals surface area contributed by atoms with Gasteiger partial charge in [0.1, 0.15) is 0 Å². The Morgan fingerprint density at radius 1 is 0.586 bits per heavy atom. The Kier molecular flexibility index (Phi) is 5.75. The van der Waals surface area contributed by atoms with Gasteiger partial charge >= 0.3 is 0 Å². The van der Waals surface area contributed by atoms with Gasteiger partial charge in [-0.3, -0.25) is 9.97 Å². The third-order valence-electron chi connectivity index (χ3n) is 5.20. The Morgan fingerprint density at radius 3 is 1.76 bits per heavy atom. The van der Waals surface area contributed by atoms with Crippen LogP contribution in [0.15, 0.2) is 67.0 Å². The highest BCUT2D eigenvalue weighted by Gasteiger charge is 2.19. The third-order valence-corrected chi connectivity index (χ3v) is 5.20. The molecule has 0 aliphatic heterocycles. The molecule has 0 fully saturated rings. The topological polar surface area (TPSA) is 25.8 Å². The maximum absolute atomic E-state index is 4.40. The van der Waals surface area contributed by atoms with Crippen LogP contribution in [0.25, 0.3) is 21.8 Å². The molecule has 4 aromatic rings. The molecule has 0 spiro atoms. The summed E-state index contributed by atoms with van der Waals surface area (Å²) in [7, 11) is 0. The van der Waals surface area contributed by atoms with E-state index in [1.165, 1.54) is 27.5 Å². The van der Waals surface area contributed by atoms with Crippen LogP contribution in [0.2, 0.25) is 0 Å². The zero-order valence-corrected chi connectivity index (χ0v) is 18.7. The highest BCUT2D eigenvalue weighted by Crippen LogP contribution is 2.32. The van der Waals surface area contributed by atoms with Crippen LogP contribution in [-0.2, 0) is 10.8 Å². The summed E-state index contributed by atoms with van der Waals surface area (Å²) in [6.07, 6.45) is 3.69. The van der Waals surface area contributed by atoms with Crippen molar-refractivity contribution in [3.63, 3.8) is 0 Å². The van der Waals surface area contributed by atoms with Crippen molar-refractivity contribution in [3.05, 3.63) is 83.7 Å². The molecule has 0 amide bonds. The van der Waals surface area contributed by atoms with Gasteiger partial charge in [-0.15, -0.1) is 0 Å². The van der Waals surface area contributed by atoms with E-state index in [9.17, 15) is 0 Å². The summed E-state index contributed by atoms with van der Waals surface area (Å²) in [6.45, 7) is 15.6. The smallest absolute Gasteiger partial charge is 0.0705 e. The van der Waals surface area contributed by atoms with Crippen LogP contribution in [0.3, 0.4) is 0 Å². The van der Waals surface area contributed by atoms with E-state index in [4.69, 9.17) is 0 Å². The van der Waals surface area contributed by atoms with E-state index in [0.29, 0.717) is 0 Å². The molecule has 0 saturated carbocycles. The second kappa shape index (κ2) is 7.94. The van der Waals surface area contributed by atoms with Gasteiger partial charge in [0.2, 0.25) is 0 Å². The molecule has 2 aromatic carbocycles. The van der Waals surface area contributed by atoms with E-state index in [2.05, 4.69) is 101 Å². The first kappa shape index (κ1) is 21.0. The number of aryl methyl sites for hydroxylation is 1. The van der Waals surface area contributed by atoms with Crippen LogP contribution in [-0.4, -0.2) is 9.97 Å². The van der Waals surface area contributed by atoms with E-state index < -0.39 is 0 Å². The molecule has 0 atom stereocenters. The number of fused-ring (bicyclic) bond motifs is 2. The molecule has 0 aliphatic carbocycles. The molecule has 2 nitrogen and oxygen atoms in total. The zero-order valence-electron chi connectivity index (χ0n) is 18.7. The first-order valence-electron chi connectivity index (χ1n) is 10.3. The van der Waals surface area contributed by atoms with Crippen molar-refractivity contribution in [2.75, 3.05) is 0 Å². The molecule has 2 heteroatoms. The van der Waals surface area contributed by atoms with Gasteiger partial charge in [0, 0.05) is 23.2 Å². The third kappa shape index (κ3) is 4.64. The van der Waals surface area contributed by atoms with Crippen LogP contribution < -0.4 is 0 Å². The number of hydrogen-bond acceptors (Lipinski definition) is 2. The lowest BCUT2D eigenvalue weighted by atomic mass is 9.81. The Labute approximate surface area is 175 Å². The highest BCUT2D eigenvalue weighted by atomic mass is 14.6. The summed E-state index contributed by atoms with van der Waals surface area (Å²) in [5.41, 5.74) is 6.65. The lowest BCUT2D eigenvalue weighted by Gasteiger charge is -2.23. The van der Waals surface area contributed by atoms with Crippen molar-refractivity contribution in [1.82, 2.24) is 9.97 Å². The van der Waals surface area contributed by atoms with Gasteiger partial charge < -0.3 is 0 Å². The van der Waals surface area contributed by atoms with Crippen LogP contribution in [0, 0.1) is 6.92 Å². The fraction of sp³-hybridized carbons (Fsp3) is 0.333. The largest absolute Gasteiger partial charge is 0.256 e. The molecule has 29 heavy (non-hydrogen) atoms.